The summed E-state index contributed by atoms with van der Waals surface area (Å²) in [5.41, 5.74) is 5.54. The Kier molecular flexibility index (Phi) is 13.4. The molecular formula is C25H28F3N3O7S. The molecule has 1 aliphatic heterocycles. The van der Waals surface area contributed by atoms with Gasteiger partial charge in [-0.2, -0.15) is 24.9 Å². The number of thioether (sulfide) groups is 1. The van der Waals surface area contributed by atoms with E-state index in [-0.39, 0.29) is 18.1 Å². The monoisotopic (exact) mass is 571 g/mol. The number of aliphatic hydroxyl groups excluding tert-OH is 1. The second-order valence-electron chi connectivity index (χ2n) is 7.70. The molecule has 0 saturated heterocycles. The fraction of sp³-hybridized carbons (Fsp3) is 0.280. The molecule has 0 atom stereocenters. The molecule has 5 N–H and O–H groups in total. The molecule has 0 unspecified atom stereocenters. The number of amides is 2. The third-order valence-corrected chi connectivity index (χ3v) is 5.97. The standard InChI is InChI=1S/C22H25N3O3S.C2HF3O2.CH2O2/c1-3-23-22(28)10-21(27)18-12-29-13-20(18)25(14-26)11-16-8-9-19(24-16)17-7-5-4-6-15(17)2;3-2(4,5)1(6)7;2-1-3/h4-10,14,24,27H,3,11-13H2,1-2H3,(H,23,28);(H,6,7);1H,(H,2,3)/b21-10-;;. The van der Waals surface area contributed by atoms with E-state index in [1.54, 1.807) is 16.7 Å². The molecule has 0 bridgehead atoms. The summed E-state index contributed by atoms with van der Waals surface area (Å²) in [5, 5.41) is 27.0. The molecule has 2 heterocycles. The Balaban J connectivity index is 0.000000652. The lowest BCUT2D eigenvalue weighted by atomic mass is 10.1. The van der Waals surface area contributed by atoms with Crippen molar-refractivity contribution in [3.05, 3.63) is 70.8 Å². The molecule has 0 radical (unpaired) electrons. The van der Waals surface area contributed by atoms with Gasteiger partial charge in [0.25, 0.3) is 6.47 Å². The molecule has 14 heteroatoms. The molecule has 1 aromatic carbocycles. The minimum Gasteiger partial charge on any atom is -0.507 e. The highest BCUT2D eigenvalue weighted by Gasteiger charge is 2.38. The fourth-order valence-electron chi connectivity index (χ4n) is 3.28. The van der Waals surface area contributed by atoms with Crippen LogP contribution >= 0.6 is 11.8 Å². The number of aromatic nitrogens is 1. The highest BCUT2D eigenvalue weighted by molar-refractivity contribution is 7.99. The Morgan fingerprint density at radius 2 is 1.74 bits per heavy atom. The van der Waals surface area contributed by atoms with E-state index in [0.29, 0.717) is 30.2 Å². The summed E-state index contributed by atoms with van der Waals surface area (Å²) in [4.78, 5) is 45.8. The molecule has 2 aromatic rings. The van der Waals surface area contributed by atoms with Gasteiger partial charge in [-0.1, -0.05) is 24.3 Å². The summed E-state index contributed by atoms with van der Waals surface area (Å²) in [6, 6.07) is 12.1. The Bertz CT molecular complexity index is 1210. The lowest BCUT2D eigenvalue weighted by Gasteiger charge is -2.19. The highest BCUT2D eigenvalue weighted by Crippen LogP contribution is 2.31. The van der Waals surface area contributed by atoms with Crippen LogP contribution in [0.4, 0.5) is 13.2 Å². The van der Waals surface area contributed by atoms with Crippen molar-refractivity contribution >= 4 is 36.5 Å². The smallest absolute Gasteiger partial charge is 0.490 e. The number of H-pyrrole nitrogens is 1. The number of likely N-dealkylation sites (N-methyl/N-ethyl adjacent to an activating group) is 1. The minimum atomic E-state index is -5.08. The van der Waals surface area contributed by atoms with Crippen LogP contribution in [0.1, 0.15) is 18.2 Å². The van der Waals surface area contributed by atoms with Gasteiger partial charge in [-0.25, -0.2) is 4.79 Å². The van der Waals surface area contributed by atoms with Crippen LogP contribution in [0.25, 0.3) is 11.3 Å². The van der Waals surface area contributed by atoms with Crippen molar-refractivity contribution in [2.45, 2.75) is 26.6 Å². The zero-order chi connectivity index (χ0) is 29.6. The topological polar surface area (TPSA) is 160 Å². The molecule has 0 aliphatic carbocycles. The number of benzene rings is 1. The lowest BCUT2D eigenvalue weighted by molar-refractivity contribution is -0.192. The van der Waals surface area contributed by atoms with Crippen LogP contribution < -0.4 is 5.32 Å². The highest BCUT2D eigenvalue weighted by atomic mass is 32.2. The third-order valence-electron chi connectivity index (χ3n) is 5.00. The van der Waals surface area contributed by atoms with Gasteiger partial charge in [0.2, 0.25) is 12.3 Å². The lowest BCUT2D eigenvalue weighted by Crippen LogP contribution is -2.24. The number of carboxylic acids is 1. The van der Waals surface area contributed by atoms with Crippen LogP contribution in [-0.4, -0.2) is 74.2 Å². The number of hydrogen-bond donors (Lipinski definition) is 5. The number of aromatic amines is 1. The molecule has 0 saturated carbocycles. The number of halogens is 3. The van der Waals surface area contributed by atoms with E-state index in [9.17, 15) is 27.9 Å². The van der Waals surface area contributed by atoms with Gasteiger partial charge in [-0.05, 0) is 31.5 Å². The van der Waals surface area contributed by atoms with Gasteiger partial charge < -0.3 is 30.5 Å². The fourth-order valence-corrected chi connectivity index (χ4v) is 4.43. The van der Waals surface area contributed by atoms with Gasteiger partial charge >= 0.3 is 12.1 Å². The Morgan fingerprint density at radius 1 is 1.13 bits per heavy atom. The maximum absolute atomic E-state index is 11.8. The molecule has 0 spiro atoms. The number of nitrogens with zero attached hydrogens (tertiary/aromatic N) is 1. The first-order valence-electron chi connectivity index (χ1n) is 11.2. The SMILES string of the molecule is CCNC(=O)/C=C(\O)C1=C(N(C=O)Cc2ccc(-c3ccccc3C)[nH]2)CSC1.O=C(O)C(F)(F)F.O=CO. The van der Waals surface area contributed by atoms with E-state index < -0.39 is 12.1 Å². The zero-order valence-corrected chi connectivity index (χ0v) is 21.8. The number of carbonyl (C=O) groups is 4. The normalized spacial score (nSPS) is 12.9. The first-order chi connectivity index (χ1) is 18.4. The molecule has 1 aromatic heterocycles. The average Bonchev–Trinajstić information content (AvgIpc) is 3.53. The van der Waals surface area contributed by atoms with E-state index in [1.165, 1.54) is 11.6 Å². The van der Waals surface area contributed by atoms with Crippen molar-refractivity contribution in [3.8, 4) is 11.3 Å². The van der Waals surface area contributed by atoms with Crippen LogP contribution in [0, 0.1) is 6.92 Å². The summed E-state index contributed by atoms with van der Waals surface area (Å²) in [5.74, 6) is -2.03. The maximum atomic E-state index is 11.8. The molecule has 1 aliphatic rings. The summed E-state index contributed by atoms with van der Waals surface area (Å²) < 4.78 is 31.7. The van der Waals surface area contributed by atoms with Crippen LogP contribution in [0.15, 0.2) is 59.5 Å². The number of carboxylic acid groups (broad SMARTS) is 2. The minimum absolute atomic E-state index is 0.0881. The maximum Gasteiger partial charge on any atom is 0.490 e. The number of aliphatic hydroxyl groups is 1. The largest absolute Gasteiger partial charge is 0.507 e. The predicted octanol–water partition coefficient (Wildman–Crippen LogP) is 3.86. The van der Waals surface area contributed by atoms with Gasteiger partial charge in [0, 0.05) is 52.3 Å². The van der Waals surface area contributed by atoms with Crippen molar-refractivity contribution in [1.29, 1.82) is 0 Å². The van der Waals surface area contributed by atoms with Crippen molar-refractivity contribution in [2.24, 2.45) is 0 Å². The van der Waals surface area contributed by atoms with Crippen molar-refractivity contribution in [3.63, 3.8) is 0 Å². The molecule has 0 fully saturated rings. The number of carbonyl (C=O) groups excluding carboxylic acids is 2. The number of nitrogens with one attached hydrogen (secondary N) is 2. The Morgan fingerprint density at radius 3 is 2.28 bits per heavy atom. The van der Waals surface area contributed by atoms with E-state index in [0.717, 1.165) is 29.1 Å². The quantitative estimate of drug-likeness (QED) is 0.181. The zero-order valence-electron chi connectivity index (χ0n) is 21.0. The molecule has 39 heavy (non-hydrogen) atoms. The van der Waals surface area contributed by atoms with Gasteiger partial charge in [0.15, 0.2) is 0 Å². The van der Waals surface area contributed by atoms with Crippen molar-refractivity contribution in [2.75, 3.05) is 18.1 Å². The second kappa shape index (κ2) is 15.9. The number of aryl methyl sites for hydroxylation is 1. The van der Waals surface area contributed by atoms with Crippen LogP contribution in [0.2, 0.25) is 0 Å². The van der Waals surface area contributed by atoms with Gasteiger partial charge in [0.05, 0.1) is 6.54 Å². The molecule has 212 valence electrons. The van der Waals surface area contributed by atoms with E-state index >= 15 is 0 Å². The Labute approximate surface area is 226 Å². The number of alkyl halides is 3. The first kappa shape index (κ1) is 32.8. The Hall–Kier alpha value is -4.20. The summed E-state index contributed by atoms with van der Waals surface area (Å²) in [6.07, 6.45) is -3.13. The molecule has 3 rings (SSSR count). The van der Waals surface area contributed by atoms with Crippen molar-refractivity contribution in [1.82, 2.24) is 15.2 Å². The van der Waals surface area contributed by atoms with Crippen molar-refractivity contribution < 1.29 is 47.7 Å². The summed E-state index contributed by atoms with van der Waals surface area (Å²) >= 11 is 1.60. The summed E-state index contributed by atoms with van der Waals surface area (Å²) in [7, 11) is 0. The molecular weight excluding hydrogens is 543 g/mol. The van der Waals surface area contributed by atoms with Crippen LogP contribution in [0.5, 0.6) is 0 Å². The van der Waals surface area contributed by atoms with E-state index in [1.807, 2.05) is 31.2 Å². The third kappa shape index (κ3) is 10.6. The van der Waals surface area contributed by atoms with E-state index in [4.69, 9.17) is 19.8 Å². The average molecular weight is 572 g/mol. The van der Waals surface area contributed by atoms with Crippen LogP contribution in [-0.2, 0) is 25.7 Å². The summed E-state index contributed by atoms with van der Waals surface area (Å²) in [6.45, 7) is 4.47. The van der Waals surface area contributed by atoms with Gasteiger partial charge in [-0.3, -0.25) is 14.4 Å². The number of rotatable bonds is 8. The second-order valence-corrected chi connectivity index (χ2v) is 8.68. The number of allylic oxidation sites excluding steroid dienone is 1. The molecule has 10 nitrogen and oxygen atoms in total. The van der Waals surface area contributed by atoms with E-state index in [2.05, 4.69) is 29.4 Å². The van der Waals surface area contributed by atoms with Crippen LogP contribution in [0.3, 0.4) is 0 Å². The molecule has 2 amide bonds. The predicted molar refractivity (Wildman–Crippen MR) is 139 cm³/mol. The first-order valence-corrected chi connectivity index (χ1v) is 12.4. The number of hydrogen-bond acceptors (Lipinski definition) is 6. The van der Waals surface area contributed by atoms with Gasteiger partial charge in [-0.15, -0.1) is 0 Å². The van der Waals surface area contributed by atoms with Gasteiger partial charge in [0.1, 0.15) is 5.76 Å². The number of aliphatic carboxylic acids is 1.